The Kier molecular flexibility index (Phi) is 4.75. The van der Waals surface area contributed by atoms with Crippen molar-refractivity contribution in [2.45, 2.75) is 13.0 Å². The number of pyridine rings is 1. The van der Waals surface area contributed by atoms with Gasteiger partial charge in [-0.25, -0.2) is 0 Å². The van der Waals surface area contributed by atoms with Crippen molar-refractivity contribution in [1.82, 2.24) is 10.3 Å². The van der Waals surface area contributed by atoms with Crippen LogP contribution < -0.4 is 5.32 Å². The van der Waals surface area contributed by atoms with Crippen LogP contribution in [0.2, 0.25) is 5.02 Å². The van der Waals surface area contributed by atoms with E-state index in [0.717, 1.165) is 27.2 Å². The average Bonchev–Trinajstić information content (AvgIpc) is 2.40. The predicted molar refractivity (Wildman–Crippen MR) is 78.9 cm³/mol. The van der Waals surface area contributed by atoms with Crippen LogP contribution in [0.4, 0.5) is 0 Å². The van der Waals surface area contributed by atoms with E-state index in [2.05, 4.69) is 45.3 Å². The molecule has 0 fully saturated rings. The van der Waals surface area contributed by atoms with Gasteiger partial charge in [0.25, 0.3) is 0 Å². The first kappa shape index (κ1) is 13.5. The predicted octanol–water partition coefficient (Wildman–Crippen LogP) is 4.20. The van der Waals surface area contributed by atoms with Crippen molar-refractivity contribution in [1.29, 1.82) is 0 Å². The summed E-state index contributed by atoms with van der Waals surface area (Å²) < 4.78 is 0.911. The molecule has 1 aromatic carbocycles. The third-order valence-corrected chi connectivity index (χ3v) is 3.94. The second-order valence-electron chi connectivity index (χ2n) is 3.95. The first-order valence-corrected chi connectivity index (χ1v) is 6.97. The maximum Gasteiger partial charge on any atom is 0.0592 e. The number of benzene rings is 1. The van der Waals surface area contributed by atoms with Gasteiger partial charge in [0.15, 0.2) is 0 Å². The first-order chi connectivity index (χ1) is 8.72. The minimum absolute atomic E-state index is 0.120. The van der Waals surface area contributed by atoms with Crippen LogP contribution in [-0.4, -0.2) is 11.5 Å². The zero-order valence-corrected chi connectivity index (χ0v) is 12.4. The summed E-state index contributed by atoms with van der Waals surface area (Å²) >= 11 is 9.56. The SMILES string of the molecule is CCNC(c1cccnc1)c1ccc(Br)c(Cl)c1. The number of hydrogen-bond acceptors (Lipinski definition) is 2. The third-order valence-electron chi connectivity index (χ3n) is 2.70. The van der Waals surface area contributed by atoms with Crippen LogP contribution in [0, 0.1) is 0 Å². The molecule has 0 amide bonds. The molecule has 1 unspecified atom stereocenters. The highest BCUT2D eigenvalue weighted by Crippen LogP contribution is 2.28. The molecule has 0 aliphatic heterocycles. The van der Waals surface area contributed by atoms with E-state index >= 15 is 0 Å². The summed E-state index contributed by atoms with van der Waals surface area (Å²) in [5.41, 5.74) is 2.27. The molecule has 18 heavy (non-hydrogen) atoms. The second-order valence-corrected chi connectivity index (χ2v) is 5.21. The molecule has 0 aliphatic rings. The number of rotatable bonds is 4. The summed E-state index contributed by atoms with van der Waals surface area (Å²) in [5.74, 6) is 0. The van der Waals surface area contributed by atoms with E-state index in [0.29, 0.717) is 0 Å². The zero-order valence-electron chi connectivity index (χ0n) is 10.0. The Morgan fingerprint density at radius 1 is 1.33 bits per heavy atom. The molecule has 1 aromatic heterocycles. The second kappa shape index (κ2) is 6.32. The molecule has 2 rings (SSSR count). The molecular weight excluding hydrogens is 312 g/mol. The molecule has 2 nitrogen and oxygen atoms in total. The lowest BCUT2D eigenvalue weighted by molar-refractivity contribution is 0.628. The quantitative estimate of drug-likeness (QED) is 0.911. The highest BCUT2D eigenvalue weighted by molar-refractivity contribution is 9.10. The molecule has 94 valence electrons. The molecule has 2 aromatic rings. The number of halogens is 2. The summed E-state index contributed by atoms with van der Waals surface area (Å²) in [6.45, 7) is 2.97. The molecular formula is C14H14BrClN2. The van der Waals surface area contributed by atoms with E-state index in [1.165, 1.54) is 0 Å². The largest absolute Gasteiger partial charge is 0.306 e. The van der Waals surface area contributed by atoms with Gasteiger partial charge in [-0.1, -0.05) is 30.7 Å². The highest BCUT2D eigenvalue weighted by atomic mass is 79.9. The van der Waals surface area contributed by atoms with E-state index in [9.17, 15) is 0 Å². The van der Waals surface area contributed by atoms with Gasteiger partial charge in [0.05, 0.1) is 11.1 Å². The zero-order chi connectivity index (χ0) is 13.0. The fourth-order valence-electron chi connectivity index (χ4n) is 1.87. The molecule has 1 atom stereocenters. The van der Waals surface area contributed by atoms with Crippen molar-refractivity contribution in [3.63, 3.8) is 0 Å². The van der Waals surface area contributed by atoms with Crippen molar-refractivity contribution in [2.24, 2.45) is 0 Å². The first-order valence-electron chi connectivity index (χ1n) is 5.80. The number of nitrogens with zero attached hydrogens (tertiary/aromatic N) is 1. The molecule has 0 spiro atoms. The monoisotopic (exact) mass is 324 g/mol. The molecule has 0 aliphatic carbocycles. The van der Waals surface area contributed by atoms with Gasteiger partial charge in [-0.3, -0.25) is 4.98 Å². The summed E-state index contributed by atoms with van der Waals surface area (Å²) in [6, 6.07) is 10.1. The fraction of sp³-hybridized carbons (Fsp3) is 0.214. The van der Waals surface area contributed by atoms with Gasteiger partial charge in [0.1, 0.15) is 0 Å². The van der Waals surface area contributed by atoms with E-state index in [4.69, 9.17) is 11.6 Å². The lowest BCUT2D eigenvalue weighted by Gasteiger charge is -2.19. The number of hydrogen-bond donors (Lipinski definition) is 1. The summed E-state index contributed by atoms with van der Waals surface area (Å²) in [5, 5.41) is 4.17. The third kappa shape index (κ3) is 3.10. The maximum atomic E-state index is 6.16. The summed E-state index contributed by atoms with van der Waals surface area (Å²) in [7, 11) is 0. The molecule has 0 saturated heterocycles. The van der Waals surface area contributed by atoms with Crippen molar-refractivity contribution in [3.05, 3.63) is 63.3 Å². The Labute approximate surface area is 121 Å². The van der Waals surface area contributed by atoms with Crippen LogP contribution in [0.5, 0.6) is 0 Å². The minimum atomic E-state index is 0.120. The van der Waals surface area contributed by atoms with Gasteiger partial charge >= 0.3 is 0 Å². The molecule has 0 bridgehead atoms. The molecule has 1 N–H and O–H groups in total. The minimum Gasteiger partial charge on any atom is -0.306 e. The van der Waals surface area contributed by atoms with Crippen LogP contribution in [0.1, 0.15) is 24.1 Å². The van der Waals surface area contributed by atoms with Crippen molar-refractivity contribution in [2.75, 3.05) is 6.54 Å². The van der Waals surface area contributed by atoms with Crippen LogP contribution in [0.25, 0.3) is 0 Å². The maximum absolute atomic E-state index is 6.16. The standard InChI is InChI=1S/C14H14BrClN2/c1-2-18-14(11-4-3-7-17-9-11)10-5-6-12(15)13(16)8-10/h3-9,14,18H,2H2,1H3. The van der Waals surface area contributed by atoms with Crippen LogP contribution >= 0.6 is 27.5 Å². The average molecular weight is 326 g/mol. The van der Waals surface area contributed by atoms with Crippen molar-refractivity contribution < 1.29 is 0 Å². The molecule has 4 heteroatoms. The normalized spacial score (nSPS) is 12.4. The van der Waals surface area contributed by atoms with Crippen molar-refractivity contribution >= 4 is 27.5 Å². The van der Waals surface area contributed by atoms with Crippen LogP contribution in [-0.2, 0) is 0 Å². The molecule has 0 radical (unpaired) electrons. The number of aromatic nitrogens is 1. The van der Waals surface area contributed by atoms with Gasteiger partial charge in [0, 0.05) is 16.9 Å². The van der Waals surface area contributed by atoms with E-state index < -0.39 is 0 Å². The van der Waals surface area contributed by atoms with Gasteiger partial charge in [-0.15, -0.1) is 0 Å². The lowest BCUT2D eigenvalue weighted by atomic mass is 10.0. The Bertz CT molecular complexity index is 516. The number of nitrogens with one attached hydrogen (secondary N) is 1. The topological polar surface area (TPSA) is 24.9 Å². The fourth-order valence-corrected chi connectivity index (χ4v) is 2.31. The van der Waals surface area contributed by atoms with Crippen molar-refractivity contribution in [3.8, 4) is 0 Å². The van der Waals surface area contributed by atoms with Crippen LogP contribution in [0.15, 0.2) is 47.2 Å². The highest BCUT2D eigenvalue weighted by Gasteiger charge is 2.13. The molecule has 1 heterocycles. The Morgan fingerprint density at radius 3 is 2.78 bits per heavy atom. The molecule has 0 saturated carbocycles. The van der Waals surface area contributed by atoms with Gasteiger partial charge in [-0.05, 0) is 51.8 Å². The van der Waals surface area contributed by atoms with Crippen LogP contribution in [0.3, 0.4) is 0 Å². The Morgan fingerprint density at radius 2 is 2.17 bits per heavy atom. The Hall–Kier alpha value is -0.900. The van der Waals surface area contributed by atoms with E-state index in [1.54, 1.807) is 6.20 Å². The lowest BCUT2D eigenvalue weighted by Crippen LogP contribution is -2.22. The van der Waals surface area contributed by atoms with Gasteiger partial charge < -0.3 is 5.32 Å². The van der Waals surface area contributed by atoms with Gasteiger partial charge in [-0.2, -0.15) is 0 Å². The summed E-state index contributed by atoms with van der Waals surface area (Å²) in [4.78, 5) is 4.17. The Balaban J connectivity index is 2.38. The van der Waals surface area contributed by atoms with E-state index in [1.807, 2.05) is 24.4 Å². The van der Waals surface area contributed by atoms with Gasteiger partial charge in [0.2, 0.25) is 0 Å². The smallest absolute Gasteiger partial charge is 0.0592 e. The summed E-state index contributed by atoms with van der Waals surface area (Å²) in [6.07, 6.45) is 3.66. The van der Waals surface area contributed by atoms with E-state index in [-0.39, 0.29) is 6.04 Å².